The molecular formula is C20H30N2O2. The van der Waals surface area contributed by atoms with Crippen LogP contribution in [-0.4, -0.2) is 24.9 Å². The average Bonchev–Trinajstić information content (AvgIpc) is 2.59. The second kappa shape index (κ2) is 8.86. The van der Waals surface area contributed by atoms with E-state index in [2.05, 4.69) is 31.3 Å². The second-order valence-corrected chi connectivity index (χ2v) is 7.04. The van der Waals surface area contributed by atoms with Crippen LogP contribution in [0.25, 0.3) is 0 Å². The maximum absolute atomic E-state index is 12.2. The Morgan fingerprint density at radius 1 is 1.12 bits per heavy atom. The van der Waals surface area contributed by atoms with Crippen molar-refractivity contribution in [3.05, 3.63) is 29.8 Å². The van der Waals surface area contributed by atoms with E-state index in [4.69, 9.17) is 0 Å². The number of carbonyl (C=O) groups is 2. The highest BCUT2D eigenvalue weighted by Crippen LogP contribution is 2.23. The van der Waals surface area contributed by atoms with Crippen LogP contribution in [0.4, 0.5) is 5.69 Å². The molecule has 0 atom stereocenters. The molecule has 0 heterocycles. The van der Waals surface area contributed by atoms with E-state index in [0.717, 1.165) is 31.4 Å². The highest BCUT2D eigenvalue weighted by Gasteiger charge is 2.21. The third-order valence-corrected chi connectivity index (χ3v) is 4.86. The number of hydrogen-bond donors (Lipinski definition) is 1. The fraction of sp³-hybridized carbons (Fsp3) is 0.600. The van der Waals surface area contributed by atoms with Gasteiger partial charge in [0, 0.05) is 31.6 Å². The Hall–Kier alpha value is -1.84. The van der Waals surface area contributed by atoms with Crippen molar-refractivity contribution in [2.24, 2.45) is 5.92 Å². The van der Waals surface area contributed by atoms with Gasteiger partial charge in [-0.1, -0.05) is 45.2 Å². The molecule has 4 heteroatoms. The summed E-state index contributed by atoms with van der Waals surface area (Å²) in [6, 6.07) is 8.10. The van der Waals surface area contributed by atoms with Crippen molar-refractivity contribution < 1.29 is 9.59 Å². The first-order valence-corrected chi connectivity index (χ1v) is 9.15. The Morgan fingerprint density at radius 2 is 1.75 bits per heavy atom. The molecule has 0 aliphatic heterocycles. The quantitative estimate of drug-likeness (QED) is 0.861. The summed E-state index contributed by atoms with van der Waals surface area (Å²) >= 11 is 0. The van der Waals surface area contributed by atoms with Gasteiger partial charge in [-0.2, -0.15) is 0 Å². The molecule has 0 radical (unpaired) electrons. The van der Waals surface area contributed by atoms with Crippen LogP contribution in [-0.2, 0) is 9.59 Å². The molecule has 1 aliphatic rings. The Balaban J connectivity index is 1.89. The molecule has 0 spiro atoms. The highest BCUT2D eigenvalue weighted by atomic mass is 16.2. The summed E-state index contributed by atoms with van der Waals surface area (Å²) in [5, 5.41) is 3.00. The molecule has 1 N–H and O–H groups in total. The molecule has 1 aromatic rings. The summed E-state index contributed by atoms with van der Waals surface area (Å²) in [4.78, 5) is 25.9. The summed E-state index contributed by atoms with van der Waals surface area (Å²) in [6.45, 7) is 6.88. The van der Waals surface area contributed by atoms with Crippen molar-refractivity contribution in [3.63, 3.8) is 0 Å². The molecule has 24 heavy (non-hydrogen) atoms. The van der Waals surface area contributed by atoms with Gasteiger partial charge in [-0.3, -0.25) is 9.59 Å². The lowest BCUT2D eigenvalue weighted by Gasteiger charge is -2.24. The minimum Gasteiger partial charge on any atom is -0.354 e. The van der Waals surface area contributed by atoms with E-state index in [0.29, 0.717) is 19.0 Å². The maximum atomic E-state index is 12.2. The van der Waals surface area contributed by atoms with Crippen molar-refractivity contribution in [3.8, 4) is 0 Å². The number of benzene rings is 1. The number of nitrogens with zero attached hydrogens (tertiary/aromatic N) is 1. The van der Waals surface area contributed by atoms with E-state index >= 15 is 0 Å². The van der Waals surface area contributed by atoms with Crippen LogP contribution in [0.2, 0.25) is 0 Å². The zero-order valence-corrected chi connectivity index (χ0v) is 15.2. The van der Waals surface area contributed by atoms with Gasteiger partial charge in [0.05, 0.1) is 0 Å². The van der Waals surface area contributed by atoms with Gasteiger partial charge in [0.2, 0.25) is 11.8 Å². The molecule has 0 bridgehead atoms. The molecule has 1 aliphatic carbocycles. The number of hydrogen-bond acceptors (Lipinski definition) is 2. The maximum Gasteiger partial charge on any atom is 0.223 e. The molecule has 0 saturated heterocycles. The molecule has 4 nitrogen and oxygen atoms in total. The minimum absolute atomic E-state index is 0.000729. The normalized spacial score (nSPS) is 15.3. The second-order valence-electron chi connectivity index (χ2n) is 7.04. The predicted molar refractivity (Wildman–Crippen MR) is 98.1 cm³/mol. The average molecular weight is 330 g/mol. The first kappa shape index (κ1) is 18.5. The number of anilines is 1. The van der Waals surface area contributed by atoms with Crippen LogP contribution < -0.4 is 10.2 Å². The SMILES string of the molecule is CC(=O)N(CCNC(=O)C1CCCCC1)c1ccc(C(C)C)cc1. The number of nitrogens with one attached hydrogen (secondary N) is 1. The summed E-state index contributed by atoms with van der Waals surface area (Å²) in [6.07, 6.45) is 5.55. The summed E-state index contributed by atoms with van der Waals surface area (Å²) in [5.41, 5.74) is 2.15. The highest BCUT2D eigenvalue weighted by molar-refractivity contribution is 5.91. The van der Waals surface area contributed by atoms with Crippen LogP contribution in [0.15, 0.2) is 24.3 Å². The van der Waals surface area contributed by atoms with E-state index in [9.17, 15) is 9.59 Å². The van der Waals surface area contributed by atoms with Gasteiger partial charge >= 0.3 is 0 Å². The first-order valence-electron chi connectivity index (χ1n) is 9.15. The number of rotatable bonds is 6. The standard InChI is InChI=1S/C20H30N2O2/c1-15(2)17-9-11-19(12-10-17)22(16(3)23)14-13-21-20(24)18-7-5-4-6-8-18/h9-12,15,18H,4-8,13-14H2,1-3H3,(H,21,24). The van der Waals surface area contributed by atoms with Crippen molar-refractivity contribution in [2.45, 2.75) is 58.8 Å². The van der Waals surface area contributed by atoms with Gasteiger partial charge in [-0.05, 0) is 36.5 Å². The Kier molecular flexibility index (Phi) is 6.83. The molecule has 1 saturated carbocycles. The fourth-order valence-corrected chi connectivity index (χ4v) is 3.31. The molecule has 1 aromatic carbocycles. The first-order chi connectivity index (χ1) is 11.5. The molecule has 2 rings (SSSR count). The molecule has 132 valence electrons. The Labute approximate surface area is 145 Å². The van der Waals surface area contributed by atoms with Crippen LogP contribution in [0.5, 0.6) is 0 Å². The lowest BCUT2D eigenvalue weighted by Crippen LogP contribution is -2.40. The van der Waals surface area contributed by atoms with Crippen molar-refractivity contribution in [1.29, 1.82) is 0 Å². The lowest BCUT2D eigenvalue weighted by atomic mass is 9.89. The number of carbonyl (C=O) groups excluding carboxylic acids is 2. The van der Waals surface area contributed by atoms with Crippen LogP contribution in [0, 0.1) is 5.92 Å². The molecule has 0 unspecified atom stereocenters. The Morgan fingerprint density at radius 3 is 2.29 bits per heavy atom. The van der Waals surface area contributed by atoms with Crippen molar-refractivity contribution >= 4 is 17.5 Å². The van der Waals surface area contributed by atoms with E-state index in [1.807, 2.05) is 12.1 Å². The van der Waals surface area contributed by atoms with Crippen LogP contribution in [0.1, 0.15) is 64.4 Å². The summed E-state index contributed by atoms with van der Waals surface area (Å²) in [7, 11) is 0. The van der Waals surface area contributed by atoms with Gasteiger partial charge in [0.15, 0.2) is 0 Å². The number of amides is 2. The zero-order valence-electron chi connectivity index (χ0n) is 15.2. The fourth-order valence-electron chi connectivity index (χ4n) is 3.31. The van der Waals surface area contributed by atoms with Gasteiger partial charge in [-0.15, -0.1) is 0 Å². The topological polar surface area (TPSA) is 49.4 Å². The molecule has 0 aromatic heterocycles. The summed E-state index contributed by atoms with van der Waals surface area (Å²) < 4.78 is 0. The van der Waals surface area contributed by atoms with Gasteiger partial charge in [-0.25, -0.2) is 0 Å². The predicted octanol–water partition coefficient (Wildman–Crippen LogP) is 3.86. The molecule has 1 fully saturated rings. The van der Waals surface area contributed by atoms with Crippen molar-refractivity contribution in [2.75, 3.05) is 18.0 Å². The van der Waals surface area contributed by atoms with Crippen molar-refractivity contribution in [1.82, 2.24) is 5.32 Å². The van der Waals surface area contributed by atoms with Crippen LogP contribution >= 0.6 is 0 Å². The third kappa shape index (κ3) is 5.08. The lowest BCUT2D eigenvalue weighted by molar-refractivity contribution is -0.126. The monoisotopic (exact) mass is 330 g/mol. The smallest absolute Gasteiger partial charge is 0.223 e. The largest absolute Gasteiger partial charge is 0.354 e. The van der Waals surface area contributed by atoms with Gasteiger partial charge in [0.25, 0.3) is 0 Å². The van der Waals surface area contributed by atoms with Gasteiger partial charge in [0.1, 0.15) is 0 Å². The van der Waals surface area contributed by atoms with E-state index in [-0.39, 0.29) is 17.7 Å². The van der Waals surface area contributed by atoms with E-state index < -0.39 is 0 Å². The minimum atomic E-state index is -0.000729. The van der Waals surface area contributed by atoms with E-state index in [1.165, 1.54) is 12.0 Å². The summed E-state index contributed by atoms with van der Waals surface area (Å²) in [5.74, 6) is 0.780. The third-order valence-electron chi connectivity index (χ3n) is 4.86. The molecule has 2 amide bonds. The zero-order chi connectivity index (χ0) is 17.5. The molecular weight excluding hydrogens is 300 g/mol. The Bertz CT molecular complexity index is 545. The van der Waals surface area contributed by atoms with Gasteiger partial charge < -0.3 is 10.2 Å². The van der Waals surface area contributed by atoms with E-state index in [1.54, 1.807) is 11.8 Å². The van der Waals surface area contributed by atoms with Crippen LogP contribution in [0.3, 0.4) is 0 Å².